The number of hydrogen-bond donors (Lipinski definition) is 3. The number of hydrogen-bond acceptors (Lipinski definition) is 4. The van der Waals surface area contributed by atoms with Crippen LogP contribution in [0.4, 0.5) is 5.69 Å². The molecule has 0 aliphatic rings. The lowest BCUT2D eigenvalue weighted by Gasteiger charge is -2.08. The van der Waals surface area contributed by atoms with Gasteiger partial charge in [0, 0.05) is 31.5 Å². The molecule has 2 amide bonds. The number of carbonyl (C=O) groups is 2. The number of nitrogens with one attached hydrogen (secondary N) is 3. The van der Waals surface area contributed by atoms with Crippen molar-refractivity contribution < 1.29 is 14.3 Å². The van der Waals surface area contributed by atoms with Crippen LogP contribution < -0.4 is 16.0 Å². The lowest BCUT2D eigenvalue weighted by atomic mass is 10.2. The molecule has 0 saturated heterocycles. The maximum atomic E-state index is 11.8. The van der Waals surface area contributed by atoms with Gasteiger partial charge in [0.1, 0.15) is 0 Å². The summed E-state index contributed by atoms with van der Waals surface area (Å²) in [4.78, 5) is 23.4. The number of anilines is 1. The van der Waals surface area contributed by atoms with E-state index in [2.05, 4.69) is 22.9 Å². The molecule has 1 aromatic rings. The van der Waals surface area contributed by atoms with Crippen LogP contribution in [0.1, 0.15) is 30.1 Å². The fraction of sp³-hybridized carbons (Fsp3) is 0.500. The fourth-order valence-electron chi connectivity index (χ4n) is 1.76. The molecule has 1 rings (SSSR count). The maximum Gasteiger partial charge on any atom is 0.251 e. The van der Waals surface area contributed by atoms with E-state index in [1.165, 1.54) is 0 Å². The summed E-state index contributed by atoms with van der Waals surface area (Å²) < 4.78 is 4.85. The molecule has 6 heteroatoms. The minimum atomic E-state index is -0.0987. The van der Waals surface area contributed by atoms with Crippen molar-refractivity contribution in [3.8, 4) is 0 Å². The molecule has 0 spiro atoms. The second kappa shape index (κ2) is 10.6. The predicted octanol–water partition coefficient (Wildman–Crippen LogP) is 1.39. The molecule has 0 unspecified atom stereocenters. The summed E-state index contributed by atoms with van der Waals surface area (Å²) in [6, 6.07) is 7.06. The zero-order valence-corrected chi connectivity index (χ0v) is 13.3. The van der Waals surface area contributed by atoms with Crippen molar-refractivity contribution in [2.24, 2.45) is 0 Å². The summed E-state index contributed by atoms with van der Waals surface area (Å²) in [7, 11) is 1.59. The van der Waals surface area contributed by atoms with Gasteiger partial charge < -0.3 is 20.7 Å². The highest BCUT2D eigenvalue weighted by Crippen LogP contribution is 2.09. The number of unbranched alkanes of at least 4 members (excludes halogenated alkanes) is 1. The summed E-state index contributed by atoms with van der Waals surface area (Å²) in [6.07, 6.45) is 2.03. The van der Waals surface area contributed by atoms with Crippen molar-refractivity contribution in [2.45, 2.75) is 19.8 Å². The average Bonchev–Trinajstić information content (AvgIpc) is 2.54. The van der Waals surface area contributed by atoms with Crippen LogP contribution in [-0.4, -0.2) is 45.2 Å². The van der Waals surface area contributed by atoms with E-state index in [-0.39, 0.29) is 18.4 Å². The first-order chi connectivity index (χ1) is 10.7. The Labute approximate surface area is 131 Å². The Kier molecular flexibility index (Phi) is 8.67. The van der Waals surface area contributed by atoms with Crippen molar-refractivity contribution >= 4 is 17.5 Å². The highest BCUT2D eigenvalue weighted by Gasteiger charge is 2.05. The van der Waals surface area contributed by atoms with Crippen molar-refractivity contribution in [3.05, 3.63) is 29.8 Å². The summed E-state index contributed by atoms with van der Waals surface area (Å²) in [5, 5.41) is 8.59. The van der Waals surface area contributed by atoms with E-state index in [1.54, 1.807) is 31.4 Å². The Balaban J connectivity index is 2.35. The van der Waals surface area contributed by atoms with E-state index in [0.29, 0.717) is 25.3 Å². The van der Waals surface area contributed by atoms with Crippen molar-refractivity contribution in [1.82, 2.24) is 10.6 Å². The Morgan fingerprint density at radius 3 is 2.45 bits per heavy atom. The van der Waals surface area contributed by atoms with Gasteiger partial charge in [-0.3, -0.25) is 9.59 Å². The lowest BCUT2D eigenvalue weighted by Crippen LogP contribution is -2.32. The SMILES string of the molecule is CCCCNC(=O)c1ccc(NCC(=O)NCCOC)cc1. The molecule has 22 heavy (non-hydrogen) atoms. The monoisotopic (exact) mass is 307 g/mol. The molecule has 0 aromatic heterocycles. The lowest BCUT2D eigenvalue weighted by molar-refractivity contribution is -0.119. The molecule has 0 atom stereocenters. The van der Waals surface area contributed by atoms with Crippen LogP contribution in [0.2, 0.25) is 0 Å². The number of methoxy groups -OCH3 is 1. The van der Waals surface area contributed by atoms with Gasteiger partial charge in [-0.2, -0.15) is 0 Å². The molecule has 0 radical (unpaired) electrons. The van der Waals surface area contributed by atoms with Crippen LogP contribution in [0.3, 0.4) is 0 Å². The van der Waals surface area contributed by atoms with Gasteiger partial charge >= 0.3 is 0 Å². The molecule has 0 saturated carbocycles. The first-order valence-corrected chi connectivity index (χ1v) is 7.55. The van der Waals surface area contributed by atoms with Gasteiger partial charge in [0.05, 0.1) is 13.2 Å². The Bertz CT molecular complexity index is 460. The van der Waals surface area contributed by atoms with Crippen LogP contribution in [0, 0.1) is 0 Å². The summed E-state index contributed by atoms with van der Waals surface area (Å²) in [5.74, 6) is -0.171. The summed E-state index contributed by atoms with van der Waals surface area (Å²) in [5.41, 5.74) is 1.41. The smallest absolute Gasteiger partial charge is 0.251 e. The molecule has 122 valence electrons. The maximum absolute atomic E-state index is 11.8. The number of benzene rings is 1. The van der Waals surface area contributed by atoms with Crippen LogP contribution in [0.15, 0.2) is 24.3 Å². The van der Waals surface area contributed by atoms with Gasteiger partial charge in [-0.05, 0) is 30.7 Å². The van der Waals surface area contributed by atoms with E-state index < -0.39 is 0 Å². The second-order valence-corrected chi connectivity index (χ2v) is 4.88. The Morgan fingerprint density at radius 2 is 1.82 bits per heavy atom. The summed E-state index contributed by atoms with van der Waals surface area (Å²) in [6.45, 7) is 3.95. The third kappa shape index (κ3) is 7.08. The van der Waals surface area contributed by atoms with Gasteiger partial charge in [0.2, 0.25) is 5.91 Å². The first kappa shape index (κ1) is 18.0. The van der Waals surface area contributed by atoms with Crippen LogP contribution in [0.5, 0.6) is 0 Å². The molecular weight excluding hydrogens is 282 g/mol. The number of rotatable bonds is 10. The highest BCUT2D eigenvalue weighted by molar-refractivity contribution is 5.94. The highest BCUT2D eigenvalue weighted by atomic mass is 16.5. The van der Waals surface area contributed by atoms with E-state index >= 15 is 0 Å². The topological polar surface area (TPSA) is 79.5 Å². The number of ether oxygens (including phenoxy) is 1. The number of amides is 2. The van der Waals surface area contributed by atoms with Crippen molar-refractivity contribution in [1.29, 1.82) is 0 Å². The normalized spacial score (nSPS) is 10.1. The Hall–Kier alpha value is -2.08. The Morgan fingerprint density at radius 1 is 1.09 bits per heavy atom. The standard InChI is InChI=1S/C16H25N3O3/c1-3-4-9-18-16(21)13-5-7-14(8-6-13)19-12-15(20)17-10-11-22-2/h5-8,19H,3-4,9-12H2,1-2H3,(H,17,20)(H,18,21). The molecule has 0 aliphatic heterocycles. The fourth-order valence-corrected chi connectivity index (χ4v) is 1.76. The van der Waals surface area contributed by atoms with E-state index in [1.807, 2.05) is 0 Å². The second-order valence-electron chi connectivity index (χ2n) is 4.88. The minimum Gasteiger partial charge on any atom is -0.383 e. The van der Waals surface area contributed by atoms with E-state index in [4.69, 9.17) is 4.74 Å². The van der Waals surface area contributed by atoms with Gasteiger partial charge in [0.15, 0.2) is 0 Å². The average molecular weight is 307 g/mol. The third-order valence-corrected chi connectivity index (χ3v) is 3.04. The largest absolute Gasteiger partial charge is 0.383 e. The zero-order chi connectivity index (χ0) is 16.2. The van der Waals surface area contributed by atoms with Crippen molar-refractivity contribution in [2.75, 3.05) is 38.7 Å². The van der Waals surface area contributed by atoms with Crippen LogP contribution in [0.25, 0.3) is 0 Å². The van der Waals surface area contributed by atoms with Gasteiger partial charge in [-0.15, -0.1) is 0 Å². The molecular formula is C16H25N3O3. The van der Waals surface area contributed by atoms with E-state index in [9.17, 15) is 9.59 Å². The van der Waals surface area contributed by atoms with Gasteiger partial charge in [-0.1, -0.05) is 13.3 Å². The number of carbonyl (C=O) groups excluding carboxylic acids is 2. The first-order valence-electron chi connectivity index (χ1n) is 7.55. The minimum absolute atomic E-state index is 0.0719. The van der Waals surface area contributed by atoms with Crippen LogP contribution in [-0.2, 0) is 9.53 Å². The summed E-state index contributed by atoms with van der Waals surface area (Å²) >= 11 is 0. The van der Waals surface area contributed by atoms with Gasteiger partial charge in [0.25, 0.3) is 5.91 Å². The molecule has 0 heterocycles. The molecule has 0 fully saturated rings. The van der Waals surface area contributed by atoms with Gasteiger partial charge in [-0.25, -0.2) is 0 Å². The molecule has 0 aliphatic carbocycles. The van der Waals surface area contributed by atoms with E-state index in [0.717, 1.165) is 18.5 Å². The van der Waals surface area contributed by atoms with Crippen molar-refractivity contribution in [3.63, 3.8) is 0 Å². The third-order valence-electron chi connectivity index (χ3n) is 3.04. The predicted molar refractivity (Wildman–Crippen MR) is 87.1 cm³/mol. The molecule has 0 bridgehead atoms. The van der Waals surface area contributed by atoms with Crippen LogP contribution >= 0.6 is 0 Å². The molecule has 3 N–H and O–H groups in total. The molecule has 6 nitrogen and oxygen atoms in total. The molecule has 1 aromatic carbocycles. The zero-order valence-electron chi connectivity index (χ0n) is 13.3. The quantitative estimate of drug-likeness (QED) is 0.571.